The Balaban J connectivity index is 1.64. The van der Waals surface area contributed by atoms with Crippen LogP contribution in [0.25, 0.3) is 28.1 Å². The zero-order valence-electron chi connectivity index (χ0n) is 16.2. The van der Waals surface area contributed by atoms with Crippen molar-refractivity contribution in [2.75, 3.05) is 0 Å². The minimum absolute atomic E-state index is 0.448. The van der Waals surface area contributed by atoms with Crippen molar-refractivity contribution in [3.05, 3.63) is 83.0 Å². The molecule has 3 aromatic heterocycles. The molecular weight excluding hydrogens is 396 g/mol. The Morgan fingerprint density at radius 3 is 2.73 bits per heavy atom. The lowest BCUT2D eigenvalue weighted by Gasteiger charge is -1.98. The third-order valence-corrected chi connectivity index (χ3v) is 5.03. The lowest BCUT2D eigenvalue weighted by molar-refractivity contribution is 0.627. The molecule has 0 spiro atoms. The smallest absolute Gasteiger partial charge is 0.216 e. The third kappa shape index (κ3) is 3.27. The lowest BCUT2D eigenvalue weighted by Crippen LogP contribution is -1.97. The maximum atomic E-state index is 6.07. The SMILES string of the molecule is CCc1n[nH]c(=S)n1/N=C\c1cn(-c2ccccc2)nc1-c1cc2ccccc2o1. The van der Waals surface area contributed by atoms with E-state index >= 15 is 0 Å². The maximum Gasteiger partial charge on any atom is 0.216 e. The number of hydrogen-bond donors (Lipinski definition) is 1. The van der Waals surface area contributed by atoms with Gasteiger partial charge in [-0.15, -0.1) is 0 Å². The quantitative estimate of drug-likeness (QED) is 0.325. The van der Waals surface area contributed by atoms with Gasteiger partial charge in [-0.05, 0) is 36.5 Å². The third-order valence-electron chi connectivity index (χ3n) is 4.77. The van der Waals surface area contributed by atoms with Crippen LogP contribution in [0.2, 0.25) is 0 Å². The number of aromatic amines is 1. The summed E-state index contributed by atoms with van der Waals surface area (Å²) in [5, 5.41) is 17.3. The molecule has 2 aromatic carbocycles. The van der Waals surface area contributed by atoms with Crippen molar-refractivity contribution in [1.82, 2.24) is 24.7 Å². The highest BCUT2D eigenvalue weighted by Crippen LogP contribution is 2.29. The van der Waals surface area contributed by atoms with Gasteiger partial charge in [0.2, 0.25) is 4.77 Å². The van der Waals surface area contributed by atoms with Gasteiger partial charge in [0.25, 0.3) is 0 Å². The van der Waals surface area contributed by atoms with Crippen LogP contribution in [0.1, 0.15) is 18.3 Å². The normalized spacial score (nSPS) is 11.6. The Hall–Kier alpha value is -3.78. The summed E-state index contributed by atoms with van der Waals surface area (Å²) < 4.78 is 9.96. The van der Waals surface area contributed by atoms with Gasteiger partial charge < -0.3 is 4.42 Å². The molecule has 0 unspecified atom stereocenters. The van der Waals surface area contributed by atoms with Gasteiger partial charge in [0.15, 0.2) is 11.6 Å². The molecule has 0 aliphatic carbocycles. The van der Waals surface area contributed by atoms with E-state index in [9.17, 15) is 0 Å². The zero-order chi connectivity index (χ0) is 20.5. The second-order valence-electron chi connectivity index (χ2n) is 6.72. The first kappa shape index (κ1) is 18.3. The standard InChI is InChI=1S/C22H18N6OS/c1-2-20-24-25-22(30)28(20)23-13-16-14-27(17-9-4-3-5-10-17)26-21(16)19-12-15-8-6-7-11-18(15)29-19/h3-14H,2H2,1H3,(H,25,30)/b23-13-. The summed E-state index contributed by atoms with van der Waals surface area (Å²) in [5.74, 6) is 1.44. The van der Waals surface area contributed by atoms with Crippen LogP contribution in [0.4, 0.5) is 0 Å². The predicted octanol–water partition coefficient (Wildman–Crippen LogP) is 4.98. The largest absolute Gasteiger partial charge is 0.454 e. The summed E-state index contributed by atoms with van der Waals surface area (Å²) in [6, 6.07) is 19.8. The number of benzene rings is 2. The molecule has 5 aromatic rings. The maximum absolute atomic E-state index is 6.07. The van der Waals surface area contributed by atoms with E-state index in [-0.39, 0.29) is 0 Å². The molecule has 148 valence electrons. The number of H-pyrrole nitrogens is 1. The van der Waals surface area contributed by atoms with Crippen LogP contribution in [0.5, 0.6) is 0 Å². The molecule has 8 heteroatoms. The number of rotatable bonds is 5. The van der Waals surface area contributed by atoms with Crippen molar-refractivity contribution in [2.45, 2.75) is 13.3 Å². The first-order valence-corrected chi connectivity index (χ1v) is 9.98. The number of para-hydroxylation sites is 2. The highest BCUT2D eigenvalue weighted by atomic mass is 32.1. The number of aromatic nitrogens is 5. The van der Waals surface area contributed by atoms with E-state index in [0.717, 1.165) is 28.0 Å². The summed E-state index contributed by atoms with van der Waals surface area (Å²) in [7, 11) is 0. The van der Waals surface area contributed by atoms with Crippen LogP contribution in [0, 0.1) is 4.77 Å². The fourth-order valence-corrected chi connectivity index (χ4v) is 3.48. The molecule has 0 aliphatic heterocycles. The molecule has 3 heterocycles. The van der Waals surface area contributed by atoms with Crippen LogP contribution in [0.3, 0.4) is 0 Å². The monoisotopic (exact) mass is 414 g/mol. The average molecular weight is 414 g/mol. The van der Waals surface area contributed by atoms with Gasteiger partial charge in [-0.1, -0.05) is 43.3 Å². The lowest BCUT2D eigenvalue weighted by atomic mass is 10.2. The topological polar surface area (TPSA) is 76.9 Å². The van der Waals surface area contributed by atoms with Gasteiger partial charge in [-0.3, -0.25) is 5.10 Å². The van der Waals surface area contributed by atoms with Gasteiger partial charge in [0.05, 0.1) is 11.9 Å². The highest BCUT2D eigenvalue weighted by Gasteiger charge is 2.16. The molecule has 0 aliphatic rings. The molecule has 0 saturated heterocycles. The Bertz CT molecular complexity index is 1370. The fourth-order valence-electron chi connectivity index (χ4n) is 3.28. The second kappa shape index (κ2) is 7.57. The van der Waals surface area contributed by atoms with Crippen molar-refractivity contribution in [2.24, 2.45) is 5.10 Å². The minimum Gasteiger partial charge on any atom is -0.454 e. The van der Waals surface area contributed by atoms with E-state index in [4.69, 9.17) is 21.7 Å². The highest BCUT2D eigenvalue weighted by molar-refractivity contribution is 7.71. The molecule has 30 heavy (non-hydrogen) atoms. The van der Waals surface area contributed by atoms with Crippen LogP contribution in [-0.4, -0.2) is 30.9 Å². The molecular formula is C22H18N6OS. The molecule has 0 atom stereocenters. The first-order chi connectivity index (χ1) is 14.7. The van der Waals surface area contributed by atoms with Gasteiger partial charge in [-0.25, -0.2) is 4.68 Å². The predicted molar refractivity (Wildman–Crippen MR) is 119 cm³/mol. The first-order valence-electron chi connectivity index (χ1n) is 9.57. The number of aryl methyl sites for hydroxylation is 1. The molecule has 0 amide bonds. The van der Waals surface area contributed by atoms with E-state index in [1.807, 2.05) is 78.5 Å². The van der Waals surface area contributed by atoms with E-state index in [1.54, 1.807) is 10.9 Å². The summed E-state index contributed by atoms with van der Waals surface area (Å²) in [5.41, 5.74) is 3.27. The number of hydrogen-bond acceptors (Lipinski definition) is 5. The number of fused-ring (bicyclic) bond motifs is 1. The van der Waals surface area contributed by atoms with Gasteiger partial charge >= 0.3 is 0 Å². The number of furan rings is 1. The Morgan fingerprint density at radius 2 is 1.93 bits per heavy atom. The number of nitrogens with one attached hydrogen (secondary N) is 1. The summed E-state index contributed by atoms with van der Waals surface area (Å²) in [4.78, 5) is 0. The molecule has 7 nitrogen and oxygen atoms in total. The van der Waals surface area contributed by atoms with Gasteiger partial charge in [0, 0.05) is 23.6 Å². The van der Waals surface area contributed by atoms with Crippen LogP contribution in [0.15, 0.2) is 76.4 Å². The van der Waals surface area contributed by atoms with E-state index in [2.05, 4.69) is 15.3 Å². The Morgan fingerprint density at radius 1 is 1.13 bits per heavy atom. The van der Waals surface area contributed by atoms with Crippen molar-refractivity contribution in [1.29, 1.82) is 0 Å². The number of nitrogens with zero attached hydrogens (tertiary/aromatic N) is 5. The van der Waals surface area contributed by atoms with Crippen LogP contribution < -0.4 is 0 Å². The Kier molecular flexibility index (Phi) is 4.61. The van der Waals surface area contributed by atoms with Crippen molar-refractivity contribution < 1.29 is 4.42 Å². The van der Waals surface area contributed by atoms with Crippen LogP contribution in [-0.2, 0) is 6.42 Å². The van der Waals surface area contributed by atoms with Gasteiger partial charge in [0.1, 0.15) is 11.3 Å². The van der Waals surface area contributed by atoms with E-state index in [1.165, 1.54) is 0 Å². The minimum atomic E-state index is 0.448. The second-order valence-corrected chi connectivity index (χ2v) is 7.10. The average Bonchev–Trinajstić information content (AvgIpc) is 3.49. The molecule has 0 saturated carbocycles. The molecule has 5 rings (SSSR count). The van der Waals surface area contributed by atoms with Gasteiger partial charge in [-0.2, -0.15) is 20.0 Å². The summed E-state index contributed by atoms with van der Waals surface area (Å²) in [6.45, 7) is 2.00. The fraction of sp³-hybridized carbons (Fsp3) is 0.0909. The van der Waals surface area contributed by atoms with Crippen molar-refractivity contribution in [3.8, 4) is 17.1 Å². The molecule has 0 bridgehead atoms. The van der Waals surface area contributed by atoms with Crippen LogP contribution >= 0.6 is 12.2 Å². The molecule has 1 N–H and O–H groups in total. The summed E-state index contributed by atoms with van der Waals surface area (Å²) in [6.07, 6.45) is 4.38. The van der Waals surface area contributed by atoms with Crippen molar-refractivity contribution >= 4 is 29.4 Å². The van der Waals surface area contributed by atoms with E-state index < -0.39 is 0 Å². The zero-order valence-corrected chi connectivity index (χ0v) is 17.0. The molecule has 0 radical (unpaired) electrons. The Labute approximate surface area is 177 Å². The molecule has 0 fully saturated rings. The van der Waals surface area contributed by atoms with E-state index in [0.29, 0.717) is 22.6 Å². The van der Waals surface area contributed by atoms with Crippen molar-refractivity contribution in [3.63, 3.8) is 0 Å². The summed E-state index contributed by atoms with van der Waals surface area (Å²) >= 11 is 5.30.